The third-order valence-corrected chi connectivity index (χ3v) is 4.67. The molecule has 0 aliphatic carbocycles. The molecule has 17 heavy (non-hydrogen) atoms. The summed E-state index contributed by atoms with van der Waals surface area (Å²) in [6.45, 7) is 0.515. The number of thiophene rings is 1. The van der Waals surface area contributed by atoms with Crippen LogP contribution in [0.4, 0.5) is 5.69 Å². The van der Waals surface area contributed by atoms with E-state index >= 15 is 0 Å². The third kappa shape index (κ3) is 2.36. The summed E-state index contributed by atoms with van der Waals surface area (Å²) in [6, 6.07) is 0. The molecule has 0 aromatic carbocycles. The number of halogens is 1. The Kier molecular flexibility index (Phi) is 3.79. The summed E-state index contributed by atoms with van der Waals surface area (Å²) in [5.41, 5.74) is 0.600. The van der Waals surface area contributed by atoms with Gasteiger partial charge in [0.1, 0.15) is 4.88 Å². The van der Waals surface area contributed by atoms with Crippen LogP contribution in [0.2, 0.25) is 0 Å². The van der Waals surface area contributed by atoms with E-state index in [0.29, 0.717) is 23.5 Å². The van der Waals surface area contributed by atoms with E-state index in [1.807, 2.05) is 0 Å². The van der Waals surface area contributed by atoms with Crippen LogP contribution in [0, 0.1) is 0 Å². The Bertz CT molecular complexity index is 474. The molecule has 7 heteroatoms. The Hall–Kier alpha value is -0.530. The molecule has 1 saturated heterocycles. The van der Waals surface area contributed by atoms with Crippen LogP contribution in [-0.2, 0) is 9.53 Å². The van der Waals surface area contributed by atoms with Crippen LogP contribution in [0.3, 0.4) is 0 Å². The SMILES string of the molecule is COC(=O)c1scc(Br)c1N1CC(S)CC1=O. The van der Waals surface area contributed by atoms with Gasteiger partial charge in [-0.05, 0) is 15.9 Å². The average molecular weight is 336 g/mol. The summed E-state index contributed by atoms with van der Waals surface area (Å²) in [7, 11) is 1.33. The zero-order valence-corrected chi connectivity index (χ0v) is 12.3. The molecule has 1 aromatic rings. The van der Waals surface area contributed by atoms with Crippen LogP contribution in [0.15, 0.2) is 9.85 Å². The minimum absolute atomic E-state index is 0.0137. The molecule has 1 unspecified atom stereocenters. The van der Waals surface area contributed by atoms with E-state index in [1.165, 1.54) is 18.4 Å². The number of carbonyl (C=O) groups excluding carboxylic acids is 2. The van der Waals surface area contributed by atoms with E-state index in [0.717, 1.165) is 4.47 Å². The van der Waals surface area contributed by atoms with Gasteiger partial charge in [0.05, 0.1) is 17.3 Å². The van der Waals surface area contributed by atoms with Crippen molar-refractivity contribution in [2.75, 3.05) is 18.6 Å². The molecular formula is C10H10BrNO3S2. The molecule has 0 spiro atoms. The van der Waals surface area contributed by atoms with Gasteiger partial charge in [0.2, 0.25) is 5.91 Å². The molecule has 1 amide bonds. The average Bonchev–Trinajstić information content (AvgIpc) is 2.80. The van der Waals surface area contributed by atoms with Crippen LogP contribution in [0.25, 0.3) is 0 Å². The number of carbonyl (C=O) groups is 2. The van der Waals surface area contributed by atoms with E-state index < -0.39 is 5.97 Å². The zero-order valence-electron chi connectivity index (χ0n) is 8.97. The Morgan fingerprint density at radius 2 is 2.41 bits per heavy atom. The largest absolute Gasteiger partial charge is 0.465 e. The normalized spacial score (nSPS) is 19.8. The fourth-order valence-corrected chi connectivity index (χ4v) is 3.71. The van der Waals surface area contributed by atoms with E-state index in [9.17, 15) is 9.59 Å². The molecular weight excluding hydrogens is 326 g/mol. The highest BCUT2D eigenvalue weighted by Gasteiger charge is 2.33. The Morgan fingerprint density at radius 3 is 2.94 bits per heavy atom. The maximum Gasteiger partial charge on any atom is 0.350 e. The second-order valence-electron chi connectivity index (χ2n) is 3.62. The van der Waals surface area contributed by atoms with Gasteiger partial charge in [0.25, 0.3) is 0 Å². The summed E-state index contributed by atoms with van der Waals surface area (Å²) >= 11 is 8.91. The highest BCUT2D eigenvalue weighted by molar-refractivity contribution is 9.10. The Labute approximate surface area is 116 Å². The third-order valence-electron chi connectivity index (χ3n) is 2.47. The fraction of sp³-hybridized carbons (Fsp3) is 0.400. The minimum Gasteiger partial charge on any atom is -0.465 e. The summed E-state index contributed by atoms with van der Waals surface area (Å²) in [5, 5.41) is 1.79. The number of hydrogen-bond acceptors (Lipinski definition) is 5. The number of ether oxygens (including phenoxy) is 1. The van der Waals surface area contributed by atoms with Crippen LogP contribution >= 0.6 is 39.9 Å². The Balaban J connectivity index is 2.41. The van der Waals surface area contributed by atoms with Crippen LogP contribution in [0.5, 0.6) is 0 Å². The maximum absolute atomic E-state index is 11.8. The van der Waals surface area contributed by atoms with Gasteiger partial charge in [-0.15, -0.1) is 11.3 Å². The van der Waals surface area contributed by atoms with Gasteiger partial charge < -0.3 is 9.64 Å². The van der Waals surface area contributed by atoms with E-state index in [4.69, 9.17) is 4.74 Å². The molecule has 1 atom stereocenters. The van der Waals surface area contributed by atoms with Crippen LogP contribution < -0.4 is 4.90 Å². The monoisotopic (exact) mass is 335 g/mol. The first-order valence-electron chi connectivity index (χ1n) is 4.88. The fourth-order valence-electron chi connectivity index (χ4n) is 1.72. The second-order valence-corrected chi connectivity index (χ2v) is 6.08. The molecule has 1 fully saturated rings. The standard InChI is InChI=1S/C10H10BrNO3S2/c1-15-10(14)9-8(6(11)4-17-9)12-3-5(16)2-7(12)13/h4-5,16H,2-3H2,1H3. The van der Waals surface area contributed by atoms with Gasteiger partial charge in [-0.2, -0.15) is 12.6 Å². The number of hydrogen-bond donors (Lipinski definition) is 1. The van der Waals surface area contributed by atoms with Gasteiger partial charge in [-0.3, -0.25) is 4.79 Å². The zero-order chi connectivity index (χ0) is 12.6. The molecule has 2 heterocycles. The predicted molar refractivity (Wildman–Crippen MR) is 73.1 cm³/mol. The lowest BCUT2D eigenvalue weighted by Crippen LogP contribution is -2.26. The quantitative estimate of drug-likeness (QED) is 0.666. The van der Waals surface area contributed by atoms with Crippen molar-refractivity contribution in [2.45, 2.75) is 11.7 Å². The van der Waals surface area contributed by atoms with E-state index in [2.05, 4.69) is 28.6 Å². The number of esters is 1. The van der Waals surface area contributed by atoms with Crippen molar-refractivity contribution in [1.29, 1.82) is 0 Å². The van der Waals surface area contributed by atoms with Crippen molar-refractivity contribution in [3.63, 3.8) is 0 Å². The minimum atomic E-state index is -0.425. The number of methoxy groups -OCH3 is 1. The highest BCUT2D eigenvalue weighted by atomic mass is 79.9. The molecule has 1 aromatic heterocycles. The van der Waals surface area contributed by atoms with Crippen LogP contribution in [-0.4, -0.2) is 30.8 Å². The summed E-state index contributed by atoms with van der Waals surface area (Å²) in [4.78, 5) is 25.4. The molecule has 2 rings (SSSR count). The second kappa shape index (κ2) is 4.99. The number of anilines is 1. The van der Waals surface area contributed by atoms with Crippen molar-refractivity contribution >= 4 is 57.5 Å². The van der Waals surface area contributed by atoms with E-state index in [1.54, 1.807) is 10.3 Å². The van der Waals surface area contributed by atoms with Crippen molar-refractivity contribution < 1.29 is 14.3 Å². The van der Waals surface area contributed by atoms with Gasteiger partial charge >= 0.3 is 5.97 Å². The lowest BCUT2D eigenvalue weighted by atomic mass is 10.3. The van der Waals surface area contributed by atoms with Gasteiger partial charge in [-0.1, -0.05) is 0 Å². The van der Waals surface area contributed by atoms with Crippen molar-refractivity contribution in [2.24, 2.45) is 0 Å². The lowest BCUT2D eigenvalue weighted by molar-refractivity contribution is -0.117. The molecule has 1 aliphatic heterocycles. The number of thiol groups is 1. The smallest absolute Gasteiger partial charge is 0.350 e. The first-order valence-corrected chi connectivity index (χ1v) is 7.07. The molecule has 92 valence electrons. The first-order chi connectivity index (χ1) is 8.04. The van der Waals surface area contributed by atoms with Crippen molar-refractivity contribution in [3.8, 4) is 0 Å². The predicted octanol–water partition coefficient (Wildman–Crippen LogP) is 2.33. The van der Waals surface area contributed by atoms with Crippen molar-refractivity contribution in [1.82, 2.24) is 0 Å². The van der Waals surface area contributed by atoms with E-state index in [-0.39, 0.29) is 11.2 Å². The summed E-state index contributed by atoms with van der Waals surface area (Å²) in [6.07, 6.45) is 0.395. The summed E-state index contributed by atoms with van der Waals surface area (Å²) in [5.74, 6) is -0.444. The number of nitrogens with zero attached hydrogens (tertiary/aromatic N) is 1. The van der Waals surface area contributed by atoms with Gasteiger partial charge in [-0.25, -0.2) is 4.79 Å². The molecule has 0 radical (unpaired) electrons. The Morgan fingerprint density at radius 1 is 1.71 bits per heavy atom. The summed E-state index contributed by atoms with van der Waals surface area (Å²) < 4.78 is 5.44. The topological polar surface area (TPSA) is 46.6 Å². The molecule has 4 nitrogen and oxygen atoms in total. The number of amides is 1. The maximum atomic E-state index is 11.8. The molecule has 1 aliphatic rings. The van der Waals surface area contributed by atoms with Gasteiger partial charge in [0, 0.05) is 23.6 Å². The lowest BCUT2D eigenvalue weighted by Gasteiger charge is -2.16. The van der Waals surface area contributed by atoms with Gasteiger partial charge in [0.15, 0.2) is 0 Å². The molecule has 0 bridgehead atoms. The highest BCUT2D eigenvalue weighted by Crippen LogP contribution is 2.38. The molecule has 0 N–H and O–H groups in total. The van der Waals surface area contributed by atoms with Crippen LogP contribution in [0.1, 0.15) is 16.1 Å². The first kappa shape index (κ1) is 12.9. The van der Waals surface area contributed by atoms with Crippen molar-refractivity contribution in [3.05, 3.63) is 14.7 Å². The molecule has 0 saturated carbocycles. The number of rotatable bonds is 2.